The number of aromatic nitrogens is 2. The topological polar surface area (TPSA) is 72.0 Å². The summed E-state index contributed by atoms with van der Waals surface area (Å²) in [7, 11) is 0. The Morgan fingerprint density at radius 3 is 2.69 bits per heavy atom. The van der Waals surface area contributed by atoms with Crippen LogP contribution in [-0.2, 0) is 28.0 Å². The zero-order valence-electron chi connectivity index (χ0n) is 17.1. The molecule has 1 aromatic carbocycles. The number of nitrogens with zero attached hydrogens (tertiary/aromatic N) is 1. The van der Waals surface area contributed by atoms with Crippen molar-refractivity contribution in [1.82, 2.24) is 9.97 Å². The van der Waals surface area contributed by atoms with Crippen LogP contribution < -0.4 is 5.56 Å². The van der Waals surface area contributed by atoms with Crippen molar-refractivity contribution in [3.63, 3.8) is 0 Å². The van der Waals surface area contributed by atoms with Crippen LogP contribution in [-0.4, -0.2) is 15.9 Å². The van der Waals surface area contributed by atoms with E-state index in [4.69, 9.17) is 4.74 Å². The number of ether oxygens (including phenoxy) is 1. The zero-order valence-corrected chi connectivity index (χ0v) is 17.9. The number of H-pyrrole nitrogens is 1. The standard InChI is InChI=1S/C23H26N2O3S/c1-4-14(2)12-17-15(3)29-21-19(17)20(26)24-18(25-21)13-28-22(27)23(10-11-23)16-8-6-5-7-9-16/h5-9,14H,4,10-13H2,1-3H3,(H,24,25,26)/t14-/m1/s1. The van der Waals surface area contributed by atoms with Crippen molar-refractivity contribution in [3.8, 4) is 0 Å². The fourth-order valence-corrected chi connectivity index (χ4v) is 4.86. The molecule has 2 aromatic heterocycles. The maximum Gasteiger partial charge on any atom is 0.317 e. The van der Waals surface area contributed by atoms with Crippen LogP contribution in [0.4, 0.5) is 0 Å². The van der Waals surface area contributed by atoms with Crippen LogP contribution in [0.2, 0.25) is 0 Å². The molecule has 0 radical (unpaired) electrons. The Hall–Kier alpha value is -2.47. The van der Waals surface area contributed by atoms with Gasteiger partial charge in [-0.25, -0.2) is 4.98 Å². The summed E-state index contributed by atoms with van der Waals surface area (Å²) in [6.07, 6.45) is 3.53. The number of hydrogen-bond donors (Lipinski definition) is 1. The van der Waals surface area contributed by atoms with Crippen molar-refractivity contribution >= 4 is 27.5 Å². The lowest BCUT2D eigenvalue weighted by Gasteiger charge is -2.14. The molecule has 1 aliphatic rings. The molecule has 5 nitrogen and oxygen atoms in total. The summed E-state index contributed by atoms with van der Waals surface area (Å²) >= 11 is 1.54. The summed E-state index contributed by atoms with van der Waals surface area (Å²) < 4.78 is 5.57. The number of hydrogen-bond acceptors (Lipinski definition) is 5. The molecular formula is C23H26N2O3S. The quantitative estimate of drug-likeness (QED) is 0.575. The van der Waals surface area contributed by atoms with Gasteiger partial charge in [0.1, 0.15) is 17.3 Å². The average Bonchev–Trinajstić information content (AvgIpc) is 3.47. The van der Waals surface area contributed by atoms with Crippen molar-refractivity contribution < 1.29 is 9.53 Å². The smallest absolute Gasteiger partial charge is 0.317 e. The first-order chi connectivity index (χ1) is 13.9. The second-order valence-corrected chi connectivity index (χ2v) is 9.27. The second kappa shape index (κ2) is 7.75. The molecule has 0 amide bonds. The molecule has 2 heterocycles. The van der Waals surface area contributed by atoms with Crippen molar-refractivity contribution in [2.24, 2.45) is 5.92 Å². The molecule has 0 aliphatic heterocycles. The lowest BCUT2D eigenvalue weighted by molar-refractivity contribution is -0.148. The first kappa shape index (κ1) is 19.8. The highest BCUT2D eigenvalue weighted by Gasteiger charge is 2.52. The van der Waals surface area contributed by atoms with E-state index in [1.54, 1.807) is 0 Å². The molecule has 152 valence electrons. The van der Waals surface area contributed by atoms with Crippen LogP contribution in [0.15, 0.2) is 35.1 Å². The van der Waals surface area contributed by atoms with Crippen LogP contribution in [0.1, 0.15) is 54.9 Å². The fourth-order valence-electron chi connectivity index (χ4n) is 3.79. The van der Waals surface area contributed by atoms with E-state index in [1.807, 2.05) is 37.3 Å². The molecule has 1 N–H and O–H groups in total. The summed E-state index contributed by atoms with van der Waals surface area (Å²) in [6, 6.07) is 9.74. The Morgan fingerprint density at radius 2 is 2.03 bits per heavy atom. The third-order valence-corrected chi connectivity index (χ3v) is 7.01. The molecule has 0 saturated heterocycles. The van der Waals surface area contributed by atoms with Gasteiger partial charge in [0.2, 0.25) is 0 Å². The molecule has 1 aliphatic carbocycles. The fraction of sp³-hybridized carbons (Fsp3) is 0.435. The lowest BCUT2D eigenvalue weighted by atomic mass is 9.96. The van der Waals surface area contributed by atoms with E-state index in [2.05, 4.69) is 23.8 Å². The normalized spacial score (nSPS) is 16.0. The van der Waals surface area contributed by atoms with Gasteiger partial charge in [0, 0.05) is 4.88 Å². The van der Waals surface area contributed by atoms with Crippen LogP contribution >= 0.6 is 11.3 Å². The van der Waals surface area contributed by atoms with Crippen molar-refractivity contribution in [2.45, 2.75) is 58.5 Å². The van der Waals surface area contributed by atoms with E-state index in [0.29, 0.717) is 17.1 Å². The van der Waals surface area contributed by atoms with Crippen LogP contribution in [0.25, 0.3) is 10.2 Å². The van der Waals surface area contributed by atoms with Gasteiger partial charge >= 0.3 is 5.97 Å². The first-order valence-corrected chi connectivity index (χ1v) is 11.0. The van der Waals surface area contributed by atoms with Gasteiger partial charge in [-0.1, -0.05) is 50.6 Å². The summed E-state index contributed by atoms with van der Waals surface area (Å²) in [5.41, 5.74) is 1.41. The SMILES string of the molecule is CC[C@@H](C)Cc1c(C)sc2nc(COC(=O)C3(c4ccccc4)CC3)[nH]c(=O)c12. The number of carbonyl (C=O) groups is 1. The second-order valence-electron chi connectivity index (χ2n) is 8.07. The molecule has 1 fully saturated rings. The average molecular weight is 411 g/mol. The maximum atomic E-state index is 12.7. The van der Waals surface area contributed by atoms with Gasteiger partial charge in [0.25, 0.3) is 5.56 Å². The highest BCUT2D eigenvalue weighted by Crippen LogP contribution is 2.49. The molecule has 4 rings (SSSR count). The number of thiophene rings is 1. The van der Waals surface area contributed by atoms with E-state index in [1.165, 1.54) is 11.3 Å². The Balaban J connectivity index is 1.54. The minimum atomic E-state index is -0.533. The number of benzene rings is 1. The summed E-state index contributed by atoms with van der Waals surface area (Å²) in [6.45, 7) is 6.38. The van der Waals surface area contributed by atoms with E-state index in [0.717, 1.165) is 46.5 Å². The molecule has 6 heteroatoms. The predicted molar refractivity (Wildman–Crippen MR) is 115 cm³/mol. The monoisotopic (exact) mass is 410 g/mol. The Labute approximate surface area is 174 Å². The number of esters is 1. The number of nitrogens with one attached hydrogen (secondary N) is 1. The van der Waals surface area contributed by atoms with Crippen molar-refractivity contribution in [1.29, 1.82) is 0 Å². The van der Waals surface area contributed by atoms with Gasteiger partial charge in [-0.05, 0) is 43.2 Å². The Kier molecular flexibility index (Phi) is 5.30. The van der Waals surface area contributed by atoms with Crippen LogP contribution in [0, 0.1) is 12.8 Å². The molecular weight excluding hydrogens is 384 g/mol. The van der Waals surface area contributed by atoms with Gasteiger partial charge < -0.3 is 9.72 Å². The minimum Gasteiger partial charge on any atom is -0.457 e. The number of aryl methyl sites for hydroxylation is 1. The third-order valence-electron chi connectivity index (χ3n) is 5.97. The van der Waals surface area contributed by atoms with Gasteiger partial charge in [-0.2, -0.15) is 0 Å². The molecule has 29 heavy (non-hydrogen) atoms. The van der Waals surface area contributed by atoms with Crippen molar-refractivity contribution in [3.05, 3.63) is 62.5 Å². The minimum absolute atomic E-state index is 0.0176. The molecule has 1 saturated carbocycles. The summed E-state index contributed by atoms with van der Waals surface area (Å²) in [4.78, 5) is 34.7. The van der Waals surface area contributed by atoms with Gasteiger partial charge in [0.05, 0.1) is 10.8 Å². The number of rotatable bonds is 7. The first-order valence-electron chi connectivity index (χ1n) is 10.2. The summed E-state index contributed by atoms with van der Waals surface area (Å²) in [5, 5.41) is 0.686. The molecule has 3 aromatic rings. The largest absolute Gasteiger partial charge is 0.457 e. The predicted octanol–water partition coefficient (Wildman–Crippen LogP) is 4.66. The highest BCUT2D eigenvalue weighted by molar-refractivity contribution is 7.18. The lowest BCUT2D eigenvalue weighted by Crippen LogP contribution is -2.24. The zero-order chi connectivity index (χ0) is 20.6. The van der Waals surface area contributed by atoms with Gasteiger partial charge in [0.15, 0.2) is 0 Å². The molecule has 0 bridgehead atoms. The maximum absolute atomic E-state index is 12.7. The highest BCUT2D eigenvalue weighted by atomic mass is 32.1. The van der Waals surface area contributed by atoms with E-state index in [9.17, 15) is 9.59 Å². The Bertz CT molecular complexity index is 1100. The van der Waals surface area contributed by atoms with E-state index in [-0.39, 0.29) is 18.1 Å². The molecule has 0 unspecified atom stereocenters. The van der Waals surface area contributed by atoms with Crippen LogP contribution in [0.5, 0.6) is 0 Å². The summed E-state index contributed by atoms with van der Waals surface area (Å²) in [5.74, 6) is 0.668. The van der Waals surface area contributed by atoms with Gasteiger partial charge in [-0.3, -0.25) is 9.59 Å². The Morgan fingerprint density at radius 1 is 1.31 bits per heavy atom. The van der Waals surface area contributed by atoms with Crippen LogP contribution in [0.3, 0.4) is 0 Å². The third kappa shape index (κ3) is 3.73. The number of carbonyl (C=O) groups excluding carboxylic acids is 1. The van der Waals surface area contributed by atoms with E-state index >= 15 is 0 Å². The van der Waals surface area contributed by atoms with Crippen molar-refractivity contribution in [2.75, 3.05) is 0 Å². The molecule has 1 atom stereocenters. The van der Waals surface area contributed by atoms with E-state index < -0.39 is 5.41 Å². The molecule has 0 spiro atoms. The van der Waals surface area contributed by atoms with Gasteiger partial charge in [-0.15, -0.1) is 11.3 Å². The number of fused-ring (bicyclic) bond motifs is 1. The number of aromatic amines is 1.